The van der Waals surface area contributed by atoms with Crippen LogP contribution in [0.4, 0.5) is 0 Å². The van der Waals surface area contributed by atoms with E-state index in [9.17, 15) is 4.79 Å². The molecule has 1 aliphatic rings. The van der Waals surface area contributed by atoms with Crippen molar-refractivity contribution in [3.8, 4) is 0 Å². The van der Waals surface area contributed by atoms with Gasteiger partial charge in [-0.05, 0) is 18.1 Å². The number of rotatable bonds is 5. The zero-order chi connectivity index (χ0) is 19.3. The van der Waals surface area contributed by atoms with Crippen molar-refractivity contribution < 1.29 is 4.79 Å². The van der Waals surface area contributed by atoms with Crippen LogP contribution in [-0.2, 0) is 10.2 Å². The summed E-state index contributed by atoms with van der Waals surface area (Å²) < 4.78 is 1.12. The summed E-state index contributed by atoms with van der Waals surface area (Å²) in [6, 6.07) is 8.56. The zero-order valence-corrected chi connectivity index (χ0v) is 18.1. The lowest BCUT2D eigenvalue weighted by Gasteiger charge is -2.28. The van der Waals surface area contributed by atoms with Crippen molar-refractivity contribution in [3.05, 3.63) is 34.3 Å². The normalized spacial score (nSPS) is 18.3. The highest BCUT2D eigenvalue weighted by molar-refractivity contribution is 9.10. The lowest BCUT2D eigenvalue weighted by Crippen LogP contribution is -2.48. The Balaban J connectivity index is 1.91. The molecule has 0 aliphatic carbocycles. The van der Waals surface area contributed by atoms with Crippen molar-refractivity contribution in [2.24, 2.45) is 10.9 Å². The predicted octanol–water partition coefficient (Wildman–Crippen LogP) is 3.15. The van der Waals surface area contributed by atoms with Gasteiger partial charge in [-0.25, -0.2) is 0 Å². The van der Waals surface area contributed by atoms with Crippen LogP contribution in [0.15, 0.2) is 33.7 Å². The predicted molar refractivity (Wildman–Crippen MR) is 111 cm³/mol. The van der Waals surface area contributed by atoms with E-state index in [1.807, 2.05) is 24.8 Å². The second-order valence-corrected chi connectivity index (χ2v) is 8.71. The summed E-state index contributed by atoms with van der Waals surface area (Å²) in [5.41, 5.74) is 1.21. The average molecular weight is 423 g/mol. The summed E-state index contributed by atoms with van der Waals surface area (Å²) in [7, 11) is 1.78. The zero-order valence-electron chi connectivity index (χ0n) is 16.5. The lowest BCUT2D eigenvalue weighted by molar-refractivity contribution is -0.133. The van der Waals surface area contributed by atoms with Crippen molar-refractivity contribution in [3.63, 3.8) is 0 Å². The quantitative estimate of drug-likeness (QED) is 0.565. The van der Waals surface area contributed by atoms with Gasteiger partial charge in [0.05, 0.1) is 0 Å². The van der Waals surface area contributed by atoms with Crippen molar-refractivity contribution >= 4 is 27.8 Å². The molecule has 1 aromatic carbocycles. The smallest absolute Gasteiger partial charge is 0.225 e. The maximum atomic E-state index is 12.1. The van der Waals surface area contributed by atoms with E-state index in [2.05, 4.69) is 63.6 Å². The Kier molecular flexibility index (Phi) is 7.09. The largest absolute Gasteiger partial charge is 0.356 e. The first kappa shape index (κ1) is 20.7. The fourth-order valence-electron chi connectivity index (χ4n) is 3.24. The van der Waals surface area contributed by atoms with Gasteiger partial charge in [0.2, 0.25) is 5.91 Å². The van der Waals surface area contributed by atoms with Crippen molar-refractivity contribution in [2.45, 2.75) is 45.6 Å². The van der Waals surface area contributed by atoms with Gasteiger partial charge in [-0.15, -0.1) is 0 Å². The molecule has 1 unspecified atom stereocenters. The Morgan fingerprint density at radius 3 is 2.69 bits per heavy atom. The molecular formula is C20H31BrN4O. The number of halogens is 1. The average Bonchev–Trinajstić information content (AvgIpc) is 3.06. The number of aliphatic imine (C=N–C) groups is 1. The van der Waals surface area contributed by atoms with Gasteiger partial charge in [0.1, 0.15) is 0 Å². The van der Waals surface area contributed by atoms with Crippen LogP contribution in [0.2, 0.25) is 0 Å². The number of hydrogen-bond acceptors (Lipinski definition) is 2. The number of carbonyl (C=O) groups is 1. The molecule has 0 saturated carbocycles. The van der Waals surface area contributed by atoms with E-state index in [-0.39, 0.29) is 23.3 Å². The molecule has 26 heavy (non-hydrogen) atoms. The van der Waals surface area contributed by atoms with Crippen molar-refractivity contribution in [1.82, 2.24) is 15.5 Å². The van der Waals surface area contributed by atoms with E-state index in [1.54, 1.807) is 7.05 Å². The van der Waals surface area contributed by atoms with Gasteiger partial charge in [-0.3, -0.25) is 9.79 Å². The molecule has 2 N–H and O–H groups in total. The van der Waals surface area contributed by atoms with Gasteiger partial charge < -0.3 is 15.5 Å². The molecule has 1 aromatic rings. The lowest BCUT2D eigenvalue weighted by atomic mass is 9.84. The molecule has 0 radical (unpaired) electrons. The Hall–Kier alpha value is -1.56. The topological polar surface area (TPSA) is 56.7 Å². The molecular weight excluding hydrogens is 392 g/mol. The highest BCUT2D eigenvalue weighted by atomic mass is 79.9. The van der Waals surface area contributed by atoms with Crippen LogP contribution >= 0.6 is 15.9 Å². The van der Waals surface area contributed by atoms with E-state index < -0.39 is 0 Å². The number of carbonyl (C=O) groups excluding carboxylic acids is 1. The molecule has 0 aromatic heterocycles. The summed E-state index contributed by atoms with van der Waals surface area (Å²) >= 11 is 3.65. The SMILES string of the molecule is CN=C(NCC(C)(C)c1ccccc1Br)NC1CCN(C(=O)C(C)C)C1. The molecule has 1 atom stereocenters. The van der Waals surface area contributed by atoms with Gasteiger partial charge in [-0.2, -0.15) is 0 Å². The summed E-state index contributed by atoms with van der Waals surface area (Å²) in [6.07, 6.45) is 0.951. The molecule has 1 heterocycles. The van der Waals surface area contributed by atoms with Crippen LogP contribution in [0.3, 0.4) is 0 Å². The Morgan fingerprint density at radius 2 is 2.08 bits per heavy atom. The summed E-state index contributed by atoms with van der Waals surface area (Å²) in [6.45, 7) is 10.6. The summed E-state index contributed by atoms with van der Waals surface area (Å²) in [5, 5.41) is 6.91. The second kappa shape index (κ2) is 8.89. The van der Waals surface area contributed by atoms with E-state index >= 15 is 0 Å². The highest BCUT2D eigenvalue weighted by Gasteiger charge is 2.28. The summed E-state index contributed by atoms with van der Waals surface area (Å²) in [5.74, 6) is 1.07. The number of nitrogens with zero attached hydrogens (tertiary/aromatic N) is 2. The first-order chi connectivity index (χ1) is 12.2. The van der Waals surface area contributed by atoms with Gasteiger partial charge >= 0.3 is 0 Å². The van der Waals surface area contributed by atoms with Gasteiger partial charge in [0.15, 0.2) is 5.96 Å². The summed E-state index contributed by atoms with van der Waals surface area (Å²) in [4.78, 5) is 18.4. The minimum atomic E-state index is -0.0486. The second-order valence-electron chi connectivity index (χ2n) is 7.86. The van der Waals surface area contributed by atoms with Crippen LogP contribution in [0.1, 0.15) is 39.7 Å². The van der Waals surface area contributed by atoms with E-state index in [4.69, 9.17) is 0 Å². The molecule has 0 bridgehead atoms. The number of hydrogen-bond donors (Lipinski definition) is 2. The molecule has 1 saturated heterocycles. The van der Waals surface area contributed by atoms with Gasteiger partial charge in [0, 0.05) is 48.5 Å². The monoisotopic (exact) mass is 422 g/mol. The molecule has 1 fully saturated rings. The third kappa shape index (κ3) is 5.22. The molecule has 6 heteroatoms. The van der Waals surface area contributed by atoms with Crippen molar-refractivity contribution in [1.29, 1.82) is 0 Å². The molecule has 5 nitrogen and oxygen atoms in total. The first-order valence-corrected chi connectivity index (χ1v) is 10.0. The fraction of sp³-hybridized carbons (Fsp3) is 0.600. The van der Waals surface area contributed by atoms with Crippen LogP contribution < -0.4 is 10.6 Å². The van der Waals surface area contributed by atoms with Gasteiger partial charge in [-0.1, -0.05) is 61.8 Å². The van der Waals surface area contributed by atoms with Gasteiger partial charge in [0.25, 0.3) is 0 Å². The number of guanidine groups is 1. The molecule has 1 aliphatic heterocycles. The van der Waals surface area contributed by atoms with Crippen LogP contribution in [0.5, 0.6) is 0 Å². The molecule has 144 valence electrons. The number of nitrogens with one attached hydrogen (secondary N) is 2. The fourth-order valence-corrected chi connectivity index (χ4v) is 4.06. The van der Waals surface area contributed by atoms with Crippen LogP contribution in [0.25, 0.3) is 0 Å². The van der Waals surface area contributed by atoms with E-state index in [1.165, 1.54) is 5.56 Å². The molecule has 1 amide bonds. The third-order valence-corrected chi connectivity index (χ3v) is 5.55. The number of amides is 1. The standard InChI is InChI=1S/C20H31BrN4O/c1-14(2)18(26)25-11-10-15(12-25)24-19(22-5)23-13-20(3,4)16-8-6-7-9-17(16)21/h6-9,14-15H,10-13H2,1-5H3,(H2,22,23,24). The van der Waals surface area contributed by atoms with E-state index in [0.717, 1.165) is 36.5 Å². The first-order valence-electron chi connectivity index (χ1n) is 9.25. The Labute approximate surface area is 165 Å². The van der Waals surface area contributed by atoms with E-state index in [0.29, 0.717) is 0 Å². The van der Waals surface area contributed by atoms with Crippen LogP contribution in [-0.4, -0.2) is 49.5 Å². The third-order valence-electron chi connectivity index (χ3n) is 4.86. The molecule has 0 spiro atoms. The van der Waals surface area contributed by atoms with Crippen molar-refractivity contribution in [2.75, 3.05) is 26.7 Å². The maximum absolute atomic E-state index is 12.1. The molecule has 2 rings (SSSR count). The van der Waals surface area contributed by atoms with Crippen LogP contribution in [0, 0.1) is 5.92 Å². The maximum Gasteiger partial charge on any atom is 0.225 e. The number of likely N-dealkylation sites (tertiary alicyclic amines) is 1. The minimum absolute atomic E-state index is 0.0486. The highest BCUT2D eigenvalue weighted by Crippen LogP contribution is 2.29. The Bertz CT molecular complexity index is 657. The Morgan fingerprint density at radius 1 is 1.38 bits per heavy atom. The minimum Gasteiger partial charge on any atom is -0.356 e. The number of benzene rings is 1.